The van der Waals surface area contributed by atoms with Crippen molar-refractivity contribution in [3.05, 3.63) is 64.2 Å². The molecule has 0 N–H and O–H groups in total. The number of halogens is 4. The summed E-state index contributed by atoms with van der Waals surface area (Å²) in [6.07, 6.45) is 0. The van der Waals surface area contributed by atoms with Crippen LogP contribution in [0, 0.1) is 11.6 Å². The topological polar surface area (TPSA) is 9.23 Å². The predicted octanol–water partition coefficient (Wildman–Crippen LogP) is 5.09. The maximum Gasteiger partial charge on any atom is 0.165 e. The van der Waals surface area contributed by atoms with Gasteiger partial charge < -0.3 is 4.74 Å². The average molecular weight is 348 g/mol. The Hall–Kier alpha value is -1.13. The van der Waals surface area contributed by atoms with Crippen LogP contribution in [-0.4, -0.2) is 0 Å². The quantitative estimate of drug-likeness (QED) is 0.700. The largest absolute Gasteiger partial charge is 0.485 e. The molecule has 2 rings (SSSR count). The van der Waals surface area contributed by atoms with Gasteiger partial charge >= 0.3 is 0 Å². The van der Waals surface area contributed by atoms with Crippen molar-refractivity contribution in [2.24, 2.45) is 0 Å². The van der Waals surface area contributed by atoms with E-state index < -0.39 is 11.6 Å². The zero-order chi connectivity index (χ0) is 13.8. The van der Waals surface area contributed by atoms with Crippen molar-refractivity contribution in [1.82, 2.24) is 0 Å². The zero-order valence-corrected chi connectivity index (χ0v) is 12.1. The van der Waals surface area contributed by atoms with Gasteiger partial charge in [-0.25, -0.2) is 8.78 Å². The Morgan fingerprint density at radius 1 is 1.05 bits per heavy atom. The lowest BCUT2D eigenvalue weighted by molar-refractivity contribution is 0.282. The normalized spacial score (nSPS) is 10.5. The Labute approximate surface area is 123 Å². The second kappa shape index (κ2) is 6.35. The van der Waals surface area contributed by atoms with Gasteiger partial charge in [-0.1, -0.05) is 45.7 Å². The van der Waals surface area contributed by atoms with Crippen molar-refractivity contribution in [2.45, 2.75) is 11.9 Å². The number of benzene rings is 2. The SMILES string of the molecule is Fc1cc(Cl)ccc1COc1c(F)cccc1CBr. The van der Waals surface area contributed by atoms with Crippen LogP contribution >= 0.6 is 27.5 Å². The molecule has 5 heteroatoms. The number of alkyl halides is 1. The molecule has 0 bridgehead atoms. The average Bonchev–Trinajstić information content (AvgIpc) is 2.39. The zero-order valence-electron chi connectivity index (χ0n) is 9.80. The van der Waals surface area contributed by atoms with Gasteiger partial charge in [-0.05, 0) is 18.2 Å². The van der Waals surface area contributed by atoms with Crippen LogP contribution in [0.1, 0.15) is 11.1 Å². The van der Waals surface area contributed by atoms with Gasteiger partial charge in [0.15, 0.2) is 11.6 Å². The molecule has 0 saturated heterocycles. The lowest BCUT2D eigenvalue weighted by atomic mass is 10.2. The summed E-state index contributed by atoms with van der Waals surface area (Å²) in [4.78, 5) is 0. The molecular formula is C14H10BrClF2O. The van der Waals surface area contributed by atoms with E-state index in [1.807, 2.05) is 0 Å². The molecule has 0 radical (unpaired) electrons. The Morgan fingerprint density at radius 3 is 2.53 bits per heavy atom. The summed E-state index contributed by atoms with van der Waals surface area (Å²) >= 11 is 8.91. The Balaban J connectivity index is 2.19. The fraction of sp³-hybridized carbons (Fsp3) is 0.143. The molecule has 0 aromatic heterocycles. The number of ether oxygens (including phenoxy) is 1. The highest BCUT2D eigenvalue weighted by Gasteiger charge is 2.10. The molecule has 0 amide bonds. The molecule has 0 fully saturated rings. The fourth-order valence-corrected chi connectivity index (χ4v) is 2.21. The molecule has 0 aliphatic carbocycles. The minimum Gasteiger partial charge on any atom is -0.485 e. The molecule has 0 atom stereocenters. The highest BCUT2D eigenvalue weighted by atomic mass is 79.9. The van der Waals surface area contributed by atoms with Gasteiger partial charge in [0.05, 0.1) is 0 Å². The first-order chi connectivity index (χ1) is 9.11. The summed E-state index contributed by atoms with van der Waals surface area (Å²) in [5, 5.41) is 0.775. The van der Waals surface area contributed by atoms with Crippen molar-refractivity contribution >= 4 is 27.5 Å². The molecule has 0 aliphatic rings. The molecule has 19 heavy (non-hydrogen) atoms. The van der Waals surface area contributed by atoms with E-state index in [0.29, 0.717) is 21.5 Å². The molecule has 0 aliphatic heterocycles. The summed E-state index contributed by atoms with van der Waals surface area (Å²) in [5.41, 5.74) is 1.00. The second-order valence-corrected chi connectivity index (χ2v) is 4.88. The number of para-hydroxylation sites is 1. The van der Waals surface area contributed by atoms with Crippen LogP contribution in [0.3, 0.4) is 0 Å². The summed E-state index contributed by atoms with van der Waals surface area (Å²) in [5.74, 6) is -0.802. The lowest BCUT2D eigenvalue weighted by Gasteiger charge is -2.11. The standard InChI is InChI=1S/C14H10BrClF2O/c15-7-9-2-1-3-12(17)14(9)19-8-10-4-5-11(16)6-13(10)18/h1-6H,7-8H2. The molecule has 0 spiro atoms. The van der Waals surface area contributed by atoms with Crippen LogP contribution in [0.5, 0.6) is 5.75 Å². The Bertz CT molecular complexity index is 590. The summed E-state index contributed by atoms with van der Waals surface area (Å²) in [6.45, 7) is -0.0517. The highest BCUT2D eigenvalue weighted by Crippen LogP contribution is 2.26. The molecule has 0 unspecified atom stereocenters. The number of hydrogen-bond acceptors (Lipinski definition) is 1. The van der Waals surface area contributed by atoms with Gasteiger partial charge in [0, 0.05) is 21.5 Å². The van der Waals surface area contributed by atoms with Gasteiger partial charge in [-0.2, -0.15) is 0 Å². The monoisotopic (exact) mass is 346 g/mol. The van der Waals surface area contributed by atoms with E-state index in [9.17, 15) is 8.78 Å². The smallest absolute Gasteiger partial charge is 0.165 e. The maximum atomic E-state index is 13.6. The third kappa shape index (κ3) is 3.45. The van der Waals surface area contributed by atoms with Gasteiger partial charge in [-0.3, -0.25) is 0 Å². The second-order valence-electron chi connectivity index (χ2n) is 3.89. The van der Waals surface area contributed by atoms with Crippen molar-refractivity contribution < 1.29 is 13.5 Å². The predicted molar refractivity (Wildman–Crippen MR) is 74.8 cm³/mol. The van der Waals surface area contributed by atoms with E-state index in [4.69, 9.17) is 16.3 Å². The molecule has 1 nitrogen and oxygen atoms in total. The Morgan fingerprint density at radius 2 is 1.84 bits per heavy atom. The first-order valence-corrected chi connectivity index (χ1v) is 7.02. The molecule has 0 saturated carbocycles. The van der Waals surface area contributed by atoms with E-state index in [1.54, 1.807) is 18.2 Å². The number of rotatable bonds is 4. The third-order valence-electron chi connectivity index (χ3n) is 2.58. The lowest BCUT2D eigenvalue weighted by Crippen LogP contribution is -2.02. The Kier molecular flexibility index (Phi) is 4.77. The van der Waals surface area contributed by atoms with Gasteiger partial charge in [0.2, 0.25) is 0 Å². The van der Waals surface area contributed by atoms with E-state index in [1.165, 1.54) is 18.2 Å². The maximum absolute atomic E-state index is 13.6. The fourth-order valence-electron chi connectivity index (χ4n) is 1.61. The van der Waals surface area contributed by atoms with Crippen LogP contribution in [0.2, 0.25) is 5.02 Å². The molecular weight excluding hydrogens is 338 g/mol. The summed E-state index contributed by atoms with van der Waals surface area (Å²) in [7, 11) is 0. The van der Waals surface area contributed by atoms with E-state index in [2.05, 4.69) is 15.9 Å². The van der Waals surface area contributed by atoms with Crippen molar-refractivity contribution in [3.63, 3.8) is 0 Å². The van der Waals surface area contributed by atoms with Crippen LogP contribution < -0.4 is 4.74 Å². The van der Waals surface area contributed by atoms with Crippen LogP contribution in [0.25, 0.3) is 0 Å². The summed E-state index contributed by atoms with van der Waals surface area (Å²) in [6, 6.07) is 8.93. The van der Waals surface area contributed by atoms with Crippen molar-refractivity contribution in [1.29, 1.82) is 0 Å². The first-order valence-electron chi connectivity index (χ1n) is 5.52. The van der Waals surface area contributed by atoms with Gasteiger partial charge in [0.1, 0.15) is 12.4 Å². The van der Waals surface area contributed by atoms with Crippen LogP contribution in [0.15, 0.2) is 36.4 Å². The third-order valence-corrected chi connectivity index (χ3v) is 3.42. The van der Waals surface area contributed by atoms with Crippen molar-refractivity contribution in [3.8, 4) is 5.75 Å². The van der Waals surface area contributed by atoms with Crippen LogP contribution in [-0.2, 0) is 11.9 Å². The molecule has 2 aromatic rings. The van der Waals surface area contributed by atoms with Gasteiger partial charge in [0.25, 0.3) is 0 Å². The van der Waals surface area contributed by atoms with E-state index in [-0.39, 0.29) is 12.4 Å². The summed E-state index contributed by atoms with van der Waals surface area (Å²) < 4.78 is 32.6. The first kappa shape index (κ1) is 14.3. The minimum absolute atomic E-state index is 0.0517. The molecule has 100 valence electrons. The molecule has 2 aromatic carbocycles. The van der Waals surface area contributed by atoms with E-state index in [0.717, 1.165) is 0 Å². The van der Waals surface area contributed by atoms with E-state index >= 15 is 0 Å². The molecule has 0 heterocycles. The van der Waals surface area contributed by atoms with Crippen LogP contribution in [0.4, 0.5) is 8.78 Å². The van der Waals surface area contributed by atoms with Gasteiger partial charge in [-0.15, -0.1) is 0 Å². The van der Waals surface area contributed by atoms with Crippen molar-refractivity contribution in [2.75, 3.05) is 0 Å². The number of hydrogen-bond donors (Lipinski definition) is 0. The minimum atomic E-state index is -0.468. The highest BCUT2D eigenvalue weighted by molar-refractivity contribution is 9.08.